The molecule has 2 fully saturated rings. The highest BCUT2D eigenvalue weighted by atomic mass is 32.2. The number of rotatable bonds is 3. The average Bonchev–Trinajstić information content (AvgIpc) is 3.08. The molecular weight excluding hydrogens is 380 g/mol. The maximum Gasteiger partial charge on any atom is 0.268 e. The van der Waals surface area contributed by atoms with Crippen LogP contribution in [-0.4, -0.2) is 28.0 Å². The van der Waals surface area contributed by atoms with E-state index in [-0.39, 0.29) is 22.5 Å². The van der Waals surface area contributed by atoms with Crippen molar-refractivity contribution in [1.29, 1.82) is 0 Å². The topological polar surface area (TPSA) is 40.6 Å². The number of nitrogens with zero attached hydrogens (tertiary/aromatic N) is 2. The van der Waals surface area contributed by atoms with Gasteiger partial charge in [-0.05, 0) is 38.3 Å². The van der Waals surface area contributed by atoms with Crippen LogP contribution in [0.25, 0.3) is 0 Å². The third-order valence-corrected chi connectivity index (χ3v) is 7.93. The minimum atomic E-state index is -0.943. The van der Waals surface area contributed by atoms with Crippen LogP contribution < -0.4 is 4.90 Å². The first kappa shape index (κ1) is 18.7. The fourth-order valence-corrected chi connectivity index (χ4v) is 6.51. The van der Waals surface area contributed by atoms with Crippen molar-refractivity contribution in [2.75, 3.05) is 11.4 Å². The van der Waals surface area contributed by atoms with Gasteiger partial charge < -0.3 is 9.80 Å². The normalized spacial score (nSPS) is 25.4. The van der Waals surface area contributed by atoms with Crippen LogP contribution in [0.2, 0.25) is 0 Å². The molecule has 2 aliphatic heterocycles. The molecule has 0 bridgehead atoms. The van der Waals surface area contributed by atoms with Gasteiger partial charge in [-0.25, -0.2) is 0 Å². The zero-order chi connectivity index (χ0) is 20.2. The SMILES string of the molecule is CC1(C)CN(C(=O)C2CCC2)[C@]2(S1)C(=O)N(Cc1ccccc1)c1ccccc12. The van der Waals surface area contributed by atoms with Crippen LogP contribution in [0.5, 0.6) is 0 Å². The summed E-state index contributed by atoms with van der Waals surface area (Å²) in [6.45, 7) is 5.41. The van der Waals surface area contributed by atoms with Gasteiger partial charge in [0.15, 0.2) is 4.87 Å². The molecule has 1 atom stereocenters. The first-order valence-electron chi connectivity index (χ1n) is 10.4. The molecule has 0 radical (unpaired) electrons. The Morgan fingerprint density at radius 2 is 1.76 bits per heavy atom. The van der Waals surface area contributed by atoms with E-state index in [1.54, 1.807) is 11.8 Å². The Hall–Kier alpha value is -2.27. The molecule has 0 aromatic heterocycles. The van der Waals surface area contributed by atoms with Crippen LogP contribution in [0.3, 0.4) is 0 Å². The van der Waals surface area contributed by atoms with Gasteiger partial charge in [-0.1, -0.05) is 55.0 Å². The highest BCUT2D eigenvalue weighted by Crippen LogP contribution is 2.60. The smallest absolute Gasteiger partial charge is 0.268 e. The molecule has 3 aliphatic rings. The van der Waals surface area contributed by atoms with E-state index in [1.165, 1.54) is 0 Å². The molecule has 0 unspecified atom stereocenters. The summed E-state index contributed by atoms with van der Waals surface area (Å²) in [4.78, 5) is 30.3. The van der Waals surface area contributed by atoms with Gasteiger partial charge in [-0.15, -0.1) is 11.8 Å². The molecule has 2 aromatic rings. The minimum absolute atomic E-state index is 0.0193. The fraction of sp³-hybridized carbons (Fsp3) is 0.417. The lowest BCUT2D eigenvalue weighted by Gasteiger charge is -2.37. The van der Waals surface area contributed by atoms with Crippen LogP contribution >= 0.6 is 11.8 Å². The van der Waals surface area contributed by atoms with Crippen LogP contribution in [0.4, 0.5) is 5.69 Å². The second-order valence-corrected chi connectivity index (χ2v) is 10.9. The van der Waals surface area contributed by atoms with Gasteiger partial charge in [-0.3, -0.25) is 9.59 Å². The lowest BCUT2D eigenvalue weighted by atomic mass is 9.83. The number of benzene rings is 2. The number of anilines is 1. The van der Waals surface area contributed by atoms with Crippen molar-refractivity contribution >= 4 is 29.3 Å². The first-order chi connectivity index (χ1) is 13.9. The van der Waals surface area contributed by atoms with E-state index in [4.69, 9.17) is 0 Å². The molecule has 2 heterocycles. The average molecular weight is 407 g/mol. The number of carbonyl (C=O) groups is 2. The van der Waals surface area contributed by atoms with E-state index in [0.717, 1.165) is 36.1 Å². The summed E-state index contributed by atoms with van der Waals surface area (Å²) in [5.41, 5.74) is 2.98. The van der Waals surface area contributed by atoms with Gasteiger partial charge >= 0.3 is 0 Å². The lowest BCUT2D eigenvalue weighted by Crippen LogP contribution is -2.52. The van der Waals surface area contributed by atoms with Crippen LogP contribution in [0.15, 0.2) is 54.6 Å². The van der Waals surface area contributed by atoms with Crippen LogP contribution in [0, 0.1) is 5.92 Å². The molecule has 1 saturated carbocycles. The summed E-state index contributed by atoms with van der Waals surface area (Å²) >= 11 is 1.65. The highest BCUT2D eigenvalue weighted by Gasteiger charge is 2.64. The molecule has 4 nitrogen and oxygen atoms in total. The standard InChI is InChI=1S/C24H26N2O2S/c1-23(2)16-26(21(27)18-11-8-12-18)24(29-23)19-13-6-7-14-20(19)25(22(24)28)15-17-9-4-3-5-10-17/h3-7,9-10,13-14,18H,8,11-12,15-16H2,1-2H3/t24-/m1/s1. The van der Waals surface area contributed by atoms with Gasteiger partial charge in [-0.2, -0.15) is 0 Å². The number of fused-ring (bicyclic) bond motifs is 2. The van der Waals surface area contributed by atoms with Gasteiger partial charge in [0.1, 0.15) is 0 Å². The molecule has 1 spiro atoms. The number of hydrogen-bond donors (Lipinski definition) is 0. The van der Waals surface area contributed by atoms with Crippen molar-refractivity contribution in [1.82, 2.24) is 4.90 Å². The summed E-state index contributed by atoms with van der Waals surface area (Å²) in [5.74, 6) is 0.245. The zero-order valence-electron chi connectivity index (χ0n) is 16.9. The van der Waals surface area contributed by atoms with Gasteiger partial charge in [0, 0.05) is 22.8 Å². The van der Waals surface area contributed by atoms with Crippen molar-refractivity contribution < 1.29 is 9.59 Å². The second kappa shape index (κ2) is 6.63. The molecule has 29 heavy (non-hydrogen) atoms. The van der Waals surface area contributed by atoms with Crippen molar-refractivity contribution in [3.63, 3.8) is 0 Å². The summed E-state index contributed by atoms with van der Waals surface area (Å²) in [6.07, 6.45) is 3.00. The van der Waals surface area contributed by atoms with Gasteiger partial charge in [0.25, 0.3) is 5.91 Å². The maximum absolute atomic E-state index is 14.0. The quantitative estimate of drug-likeness (QED) is 0.751. The minimum Gasteiger partial charge on any atom is -0.314 e. The van der Waals surface area contributed by atoms with Crippen molar-refractivity contribution in [3.8, 4) is 0 Å². The Morgan fingerprint density at radius 3 is 2.45 bits per heavy atom. The van der Waals surface area contributed by atoms with Crippen molar-refractivity contribution in [2.24, 2.45) is 5.92 Å². The first-order valence-corrected chi connectivity index (χ1v) is 11.2. The molecule has 2 aromatic carbocycles. The van der Waals surface area contributed by atoms with Crippen molar-refractivity contribution in [2.45, 2.75) is 49.3 Å². The molecule has 1 aliphatic carbocycles. The van der Waals surface area contributed by atoms with E-state index in [2.05, 4.69) is 13.8 Å². The molecule has 150 valence electrons. The Morgan fingerprint density at radius 1 is 1.07 bits per heavy atom. The Balaban J connectivity index is 1.61. The molecule has 1 saturated heterocycles. The Kier molecular flexibility index (Phi) is 4.28. The third-order valence-electron chi connectivity index (χ3n) is 6.34. The predicted molar refractivity (Wildman–Crippen MR) is 116 cm³/mol. The van der Waals surface area contributed by atoms with Crippen LogP contribution in [0.1, 0.15) is 44.2 Å². The third kappa shape index (κ3) is 2.82. The highest BCUT2D eigenvalue weighted by molar-refractivity contribution is 8.02. The number of amides is 2. The summed E-state index contributed by atoms with van der Waals surface area (Å²) in [6, 6.07) is 18.1. The predicted octanol–water partition coefficient (Wildman–Crippen LogP) is 4.54. The Labute approximate surface area is 176 Å². The zero-order valence-corrected chi connectivity index (χ0v) is 17.7. The van der Waals surface area contributed by atoms with E-state index >= 15 is 0 Å². The fourth-order valence-electron chi connectivity index (χ4n) is 4.77. The maximum atomic E-state index is 14.0. The van der Waals surface area contributed by atoms with E-state index in [0.29, 0.717) is 13.1 Å². The largest absolute Gasteiger partial charge is 0.314 e. The van der Waals surface area contributed by atoms with Gasteiger partial charge in [0.05, 0.1) is 12.2 Å². The molecule has 5 rings (SSSR count). The van der Waals surface area contributed by atoms with E-state index in [9.17, 15) is 9.59 Å². The molecule has 0 N–H and O–H groups in total. The number of carbonyl (C=O) groups excluding carboxylic acids is 2. The summed E-state index contributed by atoms with van der Waals surface area (Å²) in [5, 5.41) is 0. The van der Waals surface area contributed by atoms with Gasteiger partial charge in [0.2, 0.25) is 5.91 Å². The van der Waals surface area contributed by atoms with E-state index in [1.807, 2.05) is 64.4 Å². The summed E-state index contributed by atoms with van der Waals surface area (Å²) < 4.78 is -0.176. The van der Waals surface area contributed by atoms with E-state index < -0.39 is 4.87 Å². The monoisotopic (exact) mass is 406 g/mol. The summed E-state index contributed by atoms with van der Waals surface area (Å²) in [7, 11) is 0. The lowest BCUT2D eigenvalue weighted by molar-refractivity contribution is -0.146. The van der Waals surface area contributed by atoms with Crippen LogP contribution in [-0.2, 0) is 21.0 Å². The van der Waals surface area contributed by atoms with Crippen molar-refractivity contribution in [3.05, 3.63) is 65.7 Å². The number of thioether (sulfide) groups is 1. The number of hydrogen-bond acceptors (Lipinski definition) is 3. The molecule has 2 amide bonds. The molecular formula is C24H26N2O2S. The molecule has 5 heteroatoms. The number of para-hydroxylation sites is 1. The second-order valence-electron chi connectivity index (χ2n) is 8.95. The Bertz CT molecular complexity index is 970.